The molecule has 1 saturated heterocycles. The Balaban J connectivity index is 2.55. The Hall–Kier alpha value is -1.20. The molecule has 1 aliphatic heterocycles. The zero-order valence-corrected chi connectivity index (χ0v) is 12.0. The van der Waals surface area contributed by atoms with Crippen LogP contribution in [0.25, 0.3) is 0 Å². The molecule has 1 aliphatic rings. The zero-order valence-electron chi connectivity index (χ0n) is 12.0. The van der Waals surface area contributed by atoms with Crippen LogP contribution in [0.5, 0.6) is 0 Å². The Kier molecular flexibility index (Phi) is 6.18. The Bertz CT molecular complexity index is 364. The first kappa shape index (κ1) is 15.9. The quantitative estimate of drug-likeness (QED) is 0.422. The van der Waals surface area contributed by atoms with Crippen molar-refractivity contribution in [2.75, 3.05) is 20.0 Å². The maximum atomic E-state index is 11.2. The molecule has 0 aromatic carbocycles. The van der Waals surface area contributed by atoms with Crippen LogP contribution in [0.2, 0.25) is 0 Å². The molecule has 0 aromatic rings. The third kappa shape index (κ3) is 5.12. The highest BCUT2D eigenvalue weighted by Gasteiger charge is 2.45. The molecule has 0 N–H and O–H groups in total. The maximum absolute atomic E-state index is 11.2. The number of hydrogen-bond acceptors (Lipinski definition) is 4. The average Bonchev–Trinajstić information content (AvgIpc) is 2.37. The maximum Gasteiger partial charge on any atom is 0.271 e. The fourth-order valence-corrected chi connectivity index (χ4v) is 1.92. The first-order chi connectivity index (χ1) is 8.96. The molecule has 19 heavy (non-hydrogen) atoms. The van der Waals surface area contributed by atoms with Crippen LogP contribution >= 0.6 is 0 Å². The van der Waals surface area contributed by atoms with E-state index in [9.17, 15) is 10.1 Å². The predicted molar refractivity (Wildman–Crippen MR) is 73.5 cm³/mol. The number of hydrogen-bond donors (Lipinski definition) is 0. The van der Waals surface area contributed by atoms with Crippen LogP contribution in [-0.4, -0.2) is 30.5 Å². The van der Waals surface area contributed by atoms with Crippen molar-refractivity contribution in [3.8, 4) is 0 Å². The summed E-state index contributed by atoms with van der Waals surface area (Å²) >= 11 is 0. The van der Waals surface area contributed by atoms with Gasteiger partial charge in [-0.3, -0.25) is 10.1 Å². The molecule has 0 atom stereocenters. The van der Waals surface area contributed by atoms with Crippen molar-refractivity contribution in [2.24, 2.45) is 0 Å². The van der Waals surface area contributed by atoms with E-state index in [1.54, 1.807) is 0 Å². The van der Waals surface area contributed by atoms with Gasteiger partial charge in [0.2, 0.25) is 0 Å². The summed E-state index contributed by atoms with van der Waals surface area (Å²) in [7, 11) is 0. The predicted octanol–water partition coefficient (Wildman–Crippen LogP) is 3.09. The minimum atomic E-state index is -1.12. The van der Waals surface area contributed by atoms with Gasteiger partial charge in [0.15, 0.2) is 0 Å². The van der Waals surface area contributed by atoms with Crippen LogP contribution < -0.4 is 0 Å². The van der Waals surface area contributed by atoms with Gasteiger partial charge in [0, 0.05) is 11.3 Å². The van der Waals surface area contributed by atoms with E-state index in [4.69, 9.17) is 9.47 Å². The molecule has 0 unspecified atom stereocenters. The molecule has 5 nitrogen and oxygen atoms in total. The van der Waals surface area contributed by atoms with E-state index >= 15 is 0 Å². The largest absolute Gasteiger partial charge is 0.348 e. The topological polar surface area (TPSA) is 61.6 Å². The summed E-state index contributed by atoms with van der Waals surface area (Å²) in [4.78, 5) is 10.9. The fourth-order valence-electron chi connectivity index (χ4n) is 1.92. The molecular formula is C14H23NO4. The fraction of sp³-hybridized carbons (Fsp3) is 0.714. The van der Waals surface area contributed by atoms with E-state index in [1.807, 2.05) is 13.0 Å². The van der Waals surface area contributed by atoms with Gasteiger partial charge in [0.25, 0.3) is 5.54 Å². The lowest BCUT2D eigenvalue weighted by Gasteiger charge is -2.28. The monoisotopic (exact) mass is 269 g/mol. The van der Waals surface area contributed by atoms with Crippen LogP contribution in [0.1, 0.15) is 40.0 Å². The van der Waals surface area contributed by atoms with E-state index in [0.717, 1.165) is 12.8 Å². The molecule has 0 saturated carbocycles. The summed E-state index contributed by atoms with van der Waals surface area (Å²) in [6.07, 6.45) is 6.39. The molecule has 108 valence electrons. The van der Waals surface area contributed by atoms with E-state index in [2.05, 4.69) is 19.9 Å². The molecule has 0 amide bonds. The van der Waals surface area contributed by atoms with Gasteiger partial charge in [-0.1, -0.05) is 23.3 Å². The second-order valence-electron chi connectivity index (χ2n) is 5.37. The van der Waals surface area contributed by atoms with E-state index in [0.29, 0.717) is 6.42 Å². The highest BCUT2D eigenvalue weighted by Crippen LogP contribution is 2.22. The summed E-state index contributed by atoms with van der Waals surface area (Å²) < 4.78 is 10.2. The summed E-state index contributed by atoms with van der Waals surface area (Å²) in [5.41, 5.74) is 1.35. The minimum absolute atomic E-state index is 0.123. The van der Waals surface area contributed by atoms with Gasteiger partial charge in [0.1, 0.15) is 20.0 Å². The lowest BCUT2D eigenvalue weighted by molar-refractivity contribution is -0.586. The second kappa shape index (κ2) is 7.40. The van der Waals surface area contributed by atoms with Crippen molar-refractivity contribution < 1.29 is 14.4 Å². The molecule has 0 bridgehead atoms. The van der Waals surface area contributed by atoms with Gasteiger partial charge in [-0.2, -0.15) is 0 Å². The molecule has 0 radical (unpaired) electrons. The minimum Gasteiger partial charge on any atom is -0.348 e. The second-order valence-corrected chi connectivity index (χ2v) is 5.37. The summed E-state index contributed by atoms with van der Waals surface area (Å²) in [5, 5.41) is 11.2. The Morgan fingerprint density at radius 2 is 1.89 bits per heavy atom. The van der Waals surface area contributed by atoms with Crippen LogP contribution in [0.15, 0.2) is 23.3 Å². The molecule has 0 spiro atoms. The normalized spacial score (nSPS) is 19.0. The van der Waals surface area contributed by atoms with Gasteiger partial charge in [-0.25, -0.2) is 0 Å². The van der Waals surface area contributed by atoms with Crippen molar-refractivity contribution >= 4 is 0 Å². The third-order valence-corrected chi connectivity index (χ3v) is 3.22. The standard InChI is InChI=1S/C14H23NO4/c1-12(2)5-4-6-13(3)7-8-14(15(16)17)9-18-11-19-10-14/h5,7H,4,6,8-11H2,1-3H3/b13-7+. The number of nitrogens with zero attached hydrogens (tertiary/aromatic N) is 1. The number of nitro groups is 1. The smallest absolute Gasteiger partial charge is 0.271 e. The van der Waals surface area contributed by atoms with Gasteiger partial charge < -0.3 is 9.47 Å². The molecule has 1 fully saturated rings. The molecule has 0 aliphatic carbocycles. The molecular weight excluding hydrogens is 246 g/mol. The van der Waals surface area contributed by atoms with Crippen molar-refractivity contribution in [3.63, 3.8) is 0 Å². The van der Waals surface area contributed by atoms with E-state index < -0.39 is 5.54 Å². The number of ether oxygens (including phenoxy) is 2. The number of allylic oxidation sites excluding steroid dienone is 3. The number of rotatable bonds is 6. The molecule has 5 heteroatoms. The van der Waals surface area contributed by atoms with Gasteiger partial charge >= 0.3 is 0 Å². The molecule has 0 aromatic heterocycles. The van der Waals surface area contributed by atoms with Crippen LogP contribution in [-0.2, 0) is 9.47 Å². The Morgan fingerprint density at radius 3 is 2.42 bits per heavy atom. The average molecular weight is 269 g/mol. The Labute approximate surface area is 114 Å². The van der Waals surface area contributed by atoms with Crippen molar-refractivity contribution in [2.45, 2.75) is 45.6 Å². The van der Waals surface area contributed by atoms with Crippen LogP contribution in [0, 0.1) is 10.1 Å². The van der Waals surface area contributed by atoms with Crippen LogP contribution in [0.3, 0.4) is 0 Å². The summed E-state index contributed by atoms with van der Waals surface area (Å²) in [6.45, 7) is 6.54. The summed E-state index contributed by atoms with van der Waals surface area (Å²) in [6, 6.07) is 0. The van der Waals surface area contributed by atoms with Crippen molar-refractivity contribution in [1.82, 2.24) is 0 Å². The molecule has 1 rings (SSSR count). The van der Waals surface area contributed by atoms with Gasteiger partial charge in [-0.15, -0.1) is 0 Å². The highest BCUT2D eigenvalue weighted by atomic mass is 16.7. The van der Waals surface area contributed by atoms with E-state index in [-0.39, 0.29) is 24.9 Å². The van der Waals surface area contributed by atoms with Gasteiger partial charge in [0.05, 0.1) is 0 Å². The first-order valence-corrected chi connectivity index (χ1v) is 6.55. The van der Waals surface area contributed by atoms with Crippen LogP contribution in [0.4, 0.5) is 0 Å². The lowest BCUT2D eigenvalue weighted by atomic mass is 9.95. The SMILES string of the molecule is CC(C)=CCC/C(C)=C/CC1([N+](=O)[O-])COCOC1. The van der Waals surface area contributed by atoms with Crippen molar-refractivity contribution in [1.29, 1.82) is 0 Å². The first-order valence-electron chi connectivity index (χ1n) is 6.55. The third-order valence-electron chi connectivity index (χ3n) is 3.22. The Morgan fingerprint density at radius 1 is 1.26 bits per heavy atom. The lowest BCUT2D eigenvalue weighted by Crippen LogP contribution is -2.50. The summed E-state index contributed by atoms with van der Waals surface area (Å²) in [5.74, 6) is 0. The van der Waals surface area contributed by atoms with Gasteiger partial charge in [-0.05, 0) is 33.6 Å². The zero-order chi connectivity index (χ0) is 14.3. The molecule has 1 heterocycles. The van der Waals surface area contributed by atoms with E-state index in [1.165, 1.54) is 11.1 Å². The van der Waals surface area contributed by atoms with Crippen molar-refractivity contribution in [3.05, 3.63) is 33.4 Å². The highest BCUT2D eigenvalue weighted by molar-refractivity contribution is 5.04.